The maximum absolute atomic E-state index is 2.51. The second-order valence-corrected chi connectivity index (χ2v) is 8.67. The van der Waals surface area contributed by atoms with Crippen LogP contribution in [0.5, 0.6) is 0 Å². The van der Waals surface area contributed by atoms with Crippen molar-refractivity contribution in [1.29, 1.82) is 0 Å². The quantitative estimate of drug-likeness (QED) is 0.345. The summed E-state index contributed by atoms with van der Waals surface area (Å²) < 4.78 is 0. The molecule has 0 bridgehead atoms. The van der Waals surface area contributed by atoms with E-state index in [0.717, 1.165) is 36.0 Å². The van der Waals surface area contributed by atoms with E-state index < -0.39 is 0 Å². The normalized spacial score (nSPS) is 36.0. The van der Waals surface area contributed by atoms with E-state index in [9.17, 15) is 0 Å². The maximum Gasteiger partial charge on any atom is -0.00196 e. The van der Waals surface area contributed by atoms with Crippen molar-refractivity contribution in [3.63, 3.8) is 0 Å². The van der Waals surface area contributed by atoms with Crippen molar-refractivity contribution in [2.24, 2.45) is 29.6 Å². The Bertz CT molecular complexity index is 492. The summed E-state index contributed by atoms with van der Waals surface area (Å²) in [7, 11) is 0. The van der Waals surface area contributed by atoms with Crippen molar-refractivity contribution in [2.45, 2.75) is 85.0 Å². The fourth-order valence-electron chi connectivity index (χ4n) is 4.69. The zero-order valence-electron chi connectivity index (χ0n) is 16.3. The van der Waals surface area contributed by atoms with E-state index in [1.807, 2.05) is 0 Å². The summed E-state index contributed by atoms with van der Waals surface area (Å²) in [5, 5.41) is 0. The molecule has 3 aliphatic carbocycles. The highest BCUT2D eigenvalue weighted by Gasteiger charge is 2.38. The molecule has 0 saturated heterocycles. The third kappa shape index (κ3) is 4.87. The van der Waals surface area contributed by atoms with E-state index in [4.69, 9.17) is 0 Å². The summed E-state index contributed by atoms with van der Waals surface area (Å²) in [5.41, 5.74) is 3.40. The monoisotopic (exact) mass is 326 g/mol. The molecule has 3 rings (SSSR count). The van der Waals surface area contributed by atoms with Gasteiger partial charge in [-0.3, -0.25) is 0 Å². The van der Waals surface area contributed by atoms with Crippen LogP contribution in [0.1, 0.15) is 85.0 Å². The molecule has 2 saturated carbocycles. The van der Waals surface area contributed by atoms with Gasteiger partial charge in [-0.2, -0.15) is 0 Å². The fourth-order valence-corrected chi connectivity index (χ4v) is 4.69. The van der Waals surface area contributed by atoms with Gasteiger partial charge in [-0.25, -0.2) is 0 Å². The van der Waals surface area contributed by atoms with Crippen molar-refractivity contribution in [3.8, 4) is 0 Å². The highest BCUT2D eigenvalue weighted by Crippen LogP contribution is 2.49. The van der Waals surface area contributed by atoms with E-state index in [0.29, 0.717) is 0 Å². The molecule has 3 aliphatic rings. The number of allylic oxidation sites excluding steroid dienone is 6. The minimum atomic E-state index is 0.841. The van der Waals surface area contributed by atoms with Gasteiger partial charge in [0.1, 0.15) is 0 Å². The molecule has 134 valence electrons. The van der Waals surface area contributed by atoms with Crippen LogP contribution in [0, 0.1) is 29.6 Å². The molecule has 2 fully saturated rings. The molecule has 0 spiro atoms. The van der Waals surface area contributed by atoms with Gasteiger partial charge in [0.25, 0.3) is 0 Å². The summed E-state index contributed by atoms with van der Waals surface area (Å²) in [5.74, 6) is 4.91. The Morgan fingerprint density at radius 2 is 1.83 bits per heavy atom. The molecular formula is C24H38. The SMILES string of the molecule is CCCCC1CC1CCC1CC(=CCC=CCC2=CC2CC)C1C. The highest BCUT2D eigenvalue weighted by molar-refractivity contribution is 5.31. The first-order chi connectivity index (χ1) is 11.7. The van der Waals surface area contributed by atoms with Gasteiger partial charge in [-0.1, -0.05) is 75.5 Å². The van der Waals surface area contributed by atoms with E-state index in [1.54, 1.807) is 17.6 Å². The zero-order valence-corrected chi connectivity index (χ0v) is 16.3. The van der Waals surface area contributed by atoms with Gasteiger partial charge in [0.2, 0.25) is 0 Å². The second-order valence-electron chi connectivity index (χ2n) is 8.67. The molecule has 0 heteroatoms. The number of hydrogen-bond donors (Lipinski definition) is 0. The molecule has 0 aliphatic heterocycles. The van der Waals surface area contributed by atoms with E-state index in [1.165, 1.54) is 51.4 Å². The first-order valence-electron chi connectivity index (χ1n) is 10.8. The Labute approximate surface area is 150 Å². The average Bonchev–Trinajstić information content (AvgIpc) is 3.49. The first kappa shape index (κ1) is 18.0. The maximum atomic E-state index is 2.51. The van der Waals surface area contributed by atoms with Gasteiger partial charge < -0.3 is 0 Å². The summed E-state index contributed by atoms with van der Waals surface area (Å²) >= 11 is 0. The molecule has 5 unspecified atom stereocenters. The standard InChI is InChI=1S/C24H38/c1-4-6-10-23-17-24(23)14-13-21-16-20(18(21)3)11-8-7-9-12-22-15-19(22)5-2/h7,9,11,15,18-19,21,23-24H,4-6,8,10,12-14,16-17H2,1-3H3. The van der Waals surface area contributed by atoms with Crippen molar-refractivity contribution in [3.05, 3.63) is 35.5 Å². The minimum Gasteiger partial charge on any atom is -0.0844 e. The Morgan fingerprint density at radius 1 is 1.04 bits per heavy atom. The zero-order chi connectivity index (χ0) is 16.9. The molecular weight excluding hydrogens is 288 g/mol. The Morgan fingerprint density at radius 3 is 2.54 bits per heavy atom. The van der Waals surface area contributed by atoms with Crippen LogP contribution in [0.15, 0.2) is 35.5 Å². The van der Waals surface area contributed by atoms with E-state index in [2.05, 4.69) is 45.1 Å². The molecule has 0 heterocycles. The molecule has 0 nitrogen and oxygen atoms in total. The van der Waals surface area contributed by atoms with Crippen molar-refractivity contribution < 1.29 is 0 Å². The third-order valence-corrected chi connectivity index (χ3v) is 6.95. The van der Waals surface area contributed by atoms with Crippen LogP contribution >= 0.6 is 0 Å². The Hall–Kier alpha value is -0.780. The largest absolute Gasteiger partial charge is 0.0844 e. The second kappa shape index (κ2) is 8.54. The lowest BCUT2D eigenvalue weighted by atomic mass is 9.68. The van der Waals surface area contributed by atoms with Crippen molar-refractivity contribution >= 4 is 0 Å². The predicted molar refractivity (Wildman–Crippen MR) is 106 cm³/mol. The summed E-state index contributed by atoms with van der Waals surface area (Å²) in [4.78, 5) is 0. The fraction of sp³-hybridized carbons (Fsp3) is 0.750. The topological polar surface area (TPSA) is 0 Å². The Balaban J connectivity index is 1.25. The van der Waals surface area contributed by atoms with Gasteiger partial charge in [0, 0.05) is 0 Å². The lowest BCUT2D eigenvalue weighted by Gasteiger charge is -2.38. The lowest BCUT2D eigenvalue weighted by Crippen LogP contribution is -2.26. The highest BCUT2D eigenvalue weighted by atomic mass is 14.4. The predicted octanol–water partition coefficient (Wildman–Crippen LogP) is 7.48. The van der Waals surface area contributed by atoms with Gasteiger partial charge >= 0.3 is 0 Å². The first-order valence-corrected chi connectivity index (χ1v) is 10.8. The van der Waals surface area contributed by atoms with Gasteiger partial charge in [-0.15, -0.1) is 0 Å². The molecule has 0 aromatic heterocycles. The van der Waals surface area contributed by atoms with Crippen molar-refractivity contribution in [1.82, 2.24) is 0 Å². The van der Waals surface area contributed by atoms with Crippen molar-refractivity contribution in [2.75, 3.05) is 0 Å². The third-order valence-electron chi connectivity index (χ3n) is 6.95. The summed E-state index contributed by atoms with van der Waals surface area (Å²) in [6, 6.07) is 0. The summed E-state index contributed by atoms with van der Waals surface area (Å²) in [6.07, 6.45) is 23.6. The number of hydrogen-bond acceptors (Lipinski definition) is 0. The van der Waals surface area contributed by atoms with Gasteiger partial charge in [0.05, 0.1) is 0 Å². The lowest BCUT2D eigenvalue weighted by molar-refractivity contribution is 0.264. The molecule has 5 atom stereocenters. The van der Waals surface area contributed by atoms with Crippen LogP contribution in [0.4, 0.5) is 0 Å². The molecule has 0 N–H and O–H groups in total. The van der Waals surface area contributed by atoms with E-state index >= 15 is 0 Å². The number of unbranched alkanes of at least 4 members (excludes halogenated alkanes) is 1. The molecule has 24 heavy (non-hydrogen) atoms. The molecule has 0 radical (unpaired) electrons. The smallest absolute Gasteiger partial charge is 0.00196 e. The molecule has 0 aromatic carbocycles. The van der Waals surface area contributed by atoms with Crippen LogP contribution in [0.25, 0.3) is 0 Å². The van der Waals surface area contributed by atoms with Crippen LogP contribution in [0.3, 0.4) is 0 Å². The Kier molecular flexibility index (Phi) is 6.42. The van der Waals surface area contributed by atoms with Crippen LogP contribution in [0.2, 0.25) is 0 Å². The minimum absolute atomic E-state index is 0.841. The molecule has 0 amide bonds. The van der Waals surface area contributed by atoms with Crippen LogP contribution in [-0.2, 0) is 0 Å². The summed E-state index contributed by atoms with van der Waals surface area (Å²) in [6.45, 7) is 7.07. The van der Waals surface area contributed by atoms with Gasteiger partial charge in [-0.05, 0) is 74.5 Å². The average molecular weight is 327 g/mol. The van der Waals surface area contributed by atoms with Gasteiger partial charge in [0.15, 0.2) is 0 Å². The number of rotatable bonds is 11. The van der Waals surface area contributed by atoms with E-state index in [-0.39, 0.29) is 0 Å². The van der Waals surface area contributed by atoms with Crippen LogP contribution < -0.4 is 0 Å². The van der Waals surface area contributed by atoms with Crippen LogP contribution in [-0.4, -0.2) is 0 Å². The molecule has 0 aromatic rings.